The van der Waals surface area contributed by atoms with Gasteiger partial charge in [-0.3, -0.25) is 4.79 Å². The van der Waals surface area contributed by atoms with Crippen LogP contribution >= 0.6 is 0 Å². The van der Waals surface area contributed by atoms with Crippen molar-refractivity contribution >= 4 is 15.9 Å². The summed E-state index contributed by atoms with van der Waals surface area (Å²) in [6.07, 6.45) is 5.61. The van der Waals surface area contributed by atoms with Crippen LogP contribution in [-0.2, 0) is 10.0 Å². The van der Waals surface area contributed by atoms with Crippen LogP contribution in [0.1, 0.15) is 63.2 Å². The number of carbonyl (C=O) groups is 1. The molecule has 4 atom stereocenters. The zero-order valence-corrected chi connectivity index (χ0v) is 17.5. The van der Waals surface area contributed by atoms with Gasteiger partial charge in [-0.15, -0.1) is 0 Å². The van der Waals surface area contributed by atoms with Crippen LogP contribution in [0.5, 0.6) is 0 Å². The van der Waals surface area contributed by atoms with E-state index in [0.717, 1.165) is 25.7 Å². The van der Waals surface area contributed by atoms with Crippen molar-refractivity contribution in [3.05, 3.63) is 29.8 Å². The van der Waals surface area contributed by atoms with Crippen molar-refractivity contribution in [3.63, 3.8) is 0 Å². The van der Waals surface area contributed by atoms with E-state index in [-0.39, 0.29) is 16.8 Å². The Bertz CT molecular complexity index is 750. The van der Waals surface area contributed by atoms with Crippen molar-refractivity contribution in [3.8, 4) is 0 Å². The summed E-state index contributed by atoms with van der Waals surface area (Å²) >= 11 is 0. The maximum atomic E-state index is 12.9. The smallest absolute Gasteiger partial charge is 0.251 e. The van der Waals surface area contributed by atoms with Gasteiger partial charge in [-0.2, -0.15) is 4.31 Å². The normalized spacial score (nSPS) is 30.0. The lowest BCUT2D eigenvalue weighted by Gasteiger charge is -2.34. The van der Waals surface area contributed by atoms with Gasteiger partial charge in [0.05, 0.1) is 4.90 Å². The lowest BCUT2D eigenvalue weighted by Crippen LogP contribution is -2.42. The molecule has 1 aromatic carbocycles. The molecule has 1 saturated carbocycles. The molecular formula is C21H32N2O3S. The third kappa shape index (κ3) is 4.72. The molecule has 1 N–H and O–H groups in total. The lowest BCUT2D eigenvalue weighted by atomic mass is 9.86. The topological polar surface area (TPSA) is 66.5 Å². The quantitative estimate of drug-likeness (QED) is 0.850. The molecule has 27 heavy (non-hydrogen) atoms. The fourth-order valence-corrected chi connectivity index (χ4v) is 6.19. The highest BCUT2D eigenvalue weighted by Crippen LogP contribution is 2.27. The Kier molecular flexibility index (Phi) is 6.26. The second-order valence-corrected chi connectivity index (χ2v) is 10.6. The Morgan fingerprint density at radius 2 is 1.59 bits per heavy atom. The van der Waals surface area contributed by atoms with Crippen LogP contribution in [0, 0.1) is 17.8 Å². The minimum Gasteiger partial charge on any atom is -0.349 e. The van der Waals surface area contributed by atoms with E-state index in [1.54, 1.807) is 28.6 Å². The van der Waals surface area contributed by atoms with Crippen molar-refractivity contribution < 1.29 is 13.2 Å². The molecule has 1 aliphatic carbocycles. The summed E-state index contributed by atoms with van der Waals surface area (Å²) in [5.41, 5.74) is 0.520. The number of rotatable bonds is 4. The summed E-state index contributed by atoms with van der Waals surface area (Å²) in [5.74, 6) is 1.11. The van der Waals surface area contributed by atoms with Gasteiger partial charge in [-0.05, 0) is 61.3 Å². The van der Waals surface area contributed by atoms with Crippen LogP contribution in [0.2, 0.25) is 0 Å². The van der Waals surface area contributed by atoms with Crippen molar-refractivity contribution in [1.82, 2.24) is 9.62 Å². The molecule has 0 bridgehead atoms. The highest BCUT2D eigenvalue weighted by molar-refractivity contribution is 7.89. The maximum absolute atomic E-state index is 12.9. The Labute approximate surface area is 163 Å². The number of nitrogens with zero attached hydrogens (tertiary/aromatic N) is 1. The fourth-order valence-electron chi connectivity index (χ4n) is 4.51. The first-order valence-corrected chi connectivity index (χ1v) is 11.6. The average molecular weight is 393 g/mol. The molecule has 1 amide bonds. The molecule has 2 fully saturated rings. The number of hydrogen-bond acceptors (Lipinski definition) is 3. The van der Waals surface area contributed by atoms with E-state index in [4.69, 9.17) is 0 Å². The van der Waals surface area contributed by atoms with Crippen molar-refractivity contribution in [1.29, 1.82) is 0 Å². The van der Waals surface area contributed by atoms with Crippen molar-refractivity contribution in [2.75, 3.05) is 13.1 Å². The van der Waals surface area contributed by atoms with Crippen LogP contribution in [0.3, 0.4) is 0 Å². The summed E-state index contributed by atoms with van der Waals surface area (Å²) in [7, 11) is -3.50. The van der Waals surface area contributed by atoms with Crippen molar-refractivity contribution in [2.24, 2.45) is 17.8 Å². The fraction of sp³-hybridized carbons (Fsp3) is 0.667. The number of sulfonamides is 1. The Morgan fingerprint density at radius 3 is 2.19 bits per heavy atom. The molecule has 5 nitrogen and oxygen atoms in total. The summed E-state index contributed by atoms with van der Waals surface area (Å²) < 4.78 is 27.5. The third-order valence-electron chi connectivity index (χ3n) is 6.02. The minimum absolute atomic E-state index is 0.113. The number of hydrogen-bond donors (Lipinski definition) is 1. The first kappa shape index (κ1) is 20.3. The van der Waals surface area contributed by atoms with E-state index in [2.05, 4.69) is 26.1 Å². The molecule has 0 aromatic heterocycles. The molecule has 1 saturated heterocycles. The standard InChI is InChI=1S/C21H32N2O3S/c1-15-12-16(2)14-23(13-15)27(25,26)19-10-8-18(9-11-19)21(24)22-20-7-5-4-6-17(20)3/h8-11,15-17,20H,4-7,12-14H2,1-3H3,(H,22,24)/t15-,16+,17-,20-/m1/s1. The average Bonchev–Trinajstić information content (AvgIpc) is 2.63. The zero-order chi connectivity index (χ0) is 19.6. The molecule has 6 heteroatoms. The van der Waals surface area contributed by atoms with Crippen LogP contribution in [0.25, 0.3) is 0 Å². The van der Waals surface area contributed by atoms with Crippen LogP contribution in [0.4, 0.5) is 0 Å². The molecule has 2 aliphatic rings. The molecule has 3 rings (SSSR count). The molecule has 1 aliphatic heterocycles. The predicted molar refractivity (Wildman–Crippen MR) is 107 cm³/mol. The van der Waals surface area contributed by atoms with Crippen LogP contribution in [-0.4, -0.2) is 37.8 Å². The van der Waals surface area contributed by atoms with E-state index >= 15 is 0 Å². The van der Waals surface area contributed by atoms with Crippen LogP contribution < -0.4 is 5.32 Å². The Hall–Kier alpha value is -1.40. The summed E-state index contributed by atoms with van der Waals surface area (Å²) in [4.78, 5) is 12.8. The number of benzene rings is 1. The van der Waals surface area contributed by atoms with Gasteiger partial charge in [0.2, 0.25) is 10.0 Å². The van der Waals surface area contributed by atoms with Gasteiger partial charge >= 0.3 is 0 Å². The monoisotopic (exact) mass is 392 g/mol. The lowest BCUT2D eigenvalue weighted by molar-refractivity contribution is 0.0910. The summed E-state index contributed by atoms with van der Waals surface area (Å²) in [6, 6.07) is 6.61. The van der Waals surface area contributed by atoms with E-state index in [9.17, 15) is 13.2 Å². The van der Waals surface area contributed by atoms with E-state index < -0.39 is 10.0 Å². The molecule has 0 radical (unpaired) electrons. The largest absolute Gasteiger partial charge is 0.349 e. The molecule has 1 heterocycles. The van der Waals surface area contributed by atoms with E-state index in [1.165, 1.54) is 6.42 Å². The van der Waals surface area contributed by atoms with Crippen LogP contribution in [0.15, 0.2) is 29.2 Å². The number of amides is 1. The first-order valence-electron chi connectivity index (χ1n) is 10.2. The molecule has 1 aromatic rings. The van der Waals surface area contributed by atoms with Gasteiger partial charge in [0.25, 0.3) is 5.91 Å². The maximum Gasteiger partial charge on any atom is 0.251 e. The predicted octanol–water partition coefficient (Wildman–Crippen LogP) is 3.66. The van der Waals surface area contributed by atoms with E-state index in [1.807, 2.05) is 0 Å². The number of piperidine rings is 1. The van der Waals surface area contributed by atoms with Gasteiger partial charge in [0, 0.05) is 24.7 Å². The molecule has 150 valence electrons. The van der Waals surface area contributed by atoms with Gasteiger partial charge in [0.1, 0.15) is 0 Å². The van der Waals surface area contributed by atoms with Gasteiger partial charge in [-0.25, -0.2) is 8.42 Å². The summed E-state index contributed by atoms with van der Waals surface area (Å²) in [5, 5.41) is 3.12. The third-order valence-corrected chi connectivity index (χ3v) is 7.86. The number of nitrogens with one attached hydrogen (secondary N) is 1. The second-order valence-electron chi connectivity index (χ2n) is 8.63. The van der Waals surface area contributed by atoms with Gasteiger partial charge < -0.3 is 5.32 Å². The first-order chi connectivity index (χ1) is 12.8. The van der Waals surface area contributed by atoms with Gasteiger partial charge in [0.15, 0.2) is 0 Å². The van der Waals surface area contributed by atoms with Gasteiger partial charge in [-0.1, -0.05) is 33.6 Å². The van der Waals surface area contributed by atoms with E-state index in [0.29, 0.717) is 36.4 Å². The molecule has 0 spiro atoms. The highest BCUT2D eigenvalue weighted by atomic mass is 32.2. The van der Waals surface area contributed by atoms with Crippen molar-refractivity contribution in [2.45, 2.75) is 63.8 Å². The molecular weight excluding hydrogens is 360 g/mol. The zero-order valence-electron chi connectivity index (χ0n) is 16.6. The highest BCUT2D eigenvalue weighted by Gasteiger charge is 2.31. The Morgan fingerprint density at radius 1 is 1.00 bits per heavy atom. The molecule has 0 unspecified atom stereocenters. The summed E-state index contributed by atoms with van der Waals surface area (Å²) in [6.45, 7) is 7.50. The Balaban J connectivity index is 1.69. The number of carbonyl (C=O) groups excluding carboxylic acids is 1. The second kappa shape index (κ2) is 8.31. The minimum atomic E-state index is -3.50. The SMILES string of the molecule is C[C@@H]1C[C@H](C)CN(S(=O)(=O)c2ccc(C(=O)N[C@@H]3CCCC[C@H]3C)cc2)C1.